The molecule has 0 radical (unpaired) electrons. The van der Waals surface area contributed by atoms with Crippen LogP contribution in [0.5, 0.6) is 0 Å². The number of hydrogen-bond acceptors (Lipinski definition) is 4. The molecule has 0 spiro atoms. The molecule has 0 aromatic heterocycles. The first kappa shape index (κ1) is 18.1. The molecule has 0 fully saturated rings. The minimum Gasteiger partial charge on any atom is -0.548 e. The van der Waals surface area contributed by atoms with Crippen molar-refractivity contribution >= 4 is 24.5 Å². The topological polar surface area (TPSA) is 101 Å². The molecule has 66 valence electrons. The Kier molecular flexibility index (Phi) is 14.1. The number of carbonyl (C=O) groups is 2. The van der Waals surface area contributed by atoms with Gasteiger partial charge in [0.15, 0.2) is 0 Å². The average molecular weight is 203 g/mol. The molecular weight excluding hydrogens is 193 g/mol. The van der Waals surface area contributed by atoms with E-state index in [9.17, 15) is 14.7 Å². The molecule has 0 aliphatic rings. The predicted octanol–water partition coefficient (Wildman–Crippen LogP) is -5.65. The molecular formula is C5H10NNaO4S. The number of carbonyl (C=O) groups excluding carboxylic acids is 2. The second-order valence-electron chi connectivity index (χ2n) is 1.75. The second kappa shape index (κ2) is 9.34. The first-order valence-electron chi connectivity index (χ1n) is 2.66. The third-order valence-electron chi connectivity index (χ3n) is 0.845. The van der Waals surface area contributed by atoms with E-state index in [1.807, 2.05) is 0 Å². The van der Waals surface area contributed by atoms with Crippen LogP contribution in [0.1, 0.15) is 6.92 Å². The van der Waals surface area contributed by atoms with Gasteiger partial charge in [-0.25, -0.2) is 0 Å². The maximum Gasteiger partial charge on any atom is 1.00 e. The second-order valence-corrected chi connectivity index (χ2v) is 2.12. The first-order valence-corrected chi connectivity index (χ1v) is 3.30. The zero-order chi connectivity index (χ0) is 8.15. The Labute approximate surface area is 97.9 Å². The molecule has 12 heavy (non-hydrogen) atoms. The van der Waals surface area contributed by atoms with Gasteiger partial charge in [0.2, 0.25) is 5.91 Å². The van der Waals surface area contributed by atoms with E-state index in [2.05, 4.69) is 17.9 Å². The normalized spacial score (nSPS) is 10.2. The molecule has 0 saturated carbocycles. The maximum absolute atomic E-state index is 10.3. The van der Waals surface area contributed by atoms with Crippen LogP contribution in [0.2, 0.25) is 0 Å². The molecule has 0 aromatic carbocycles. The smallest absolute Gasteiger partial charge is 0.548 e. The number of rotatable bonds is 3. The molecule has 1 atom stereocenters. The average Bonchev–Trinajstić information content (AvgIpc) is 1.81. The van der Waals surface area contributed by atoms with Crippen molar-refractivity contribution < 1.29 is 49.7 Å². The summed E-state index contributed by atoms with van der Waals surface area (Å²) < 4.78 is 0. The monoisotopic (exact) mass is 203 g/mol. The van der Waals surface area contributed by atoms with Gasteiger partial charge in [0.25, 0.3) is 0 Å². The molecule has 0 rings (SSSR count). The van der Waals surface area contributed by atoms with Crippen molar-refractivity contribution in [2.75, 3.05) is 5.75 Å². The third-order valence-corrected chi connectivity index (χ3v) is 1.21. The van der Waals surface area contributed by atoms with Gasteiger partial charge < -0.3 is 20.7 Å². The summed E-state index contributed by atoms with van der Waals surface area (Å²) in [4.78, 5) is 20.4. The van der Waals surface area contributed by atoms with Crippen LogP contribution in [-0.2, 0) is 9.59 Å². The van der Waals surface area contributed by atoms with Gasteiger partial charge in [-0.3, -0.25) is 4.79 Å². The van der Waals surface area contributed by atoms with Crippen LogP contribution in [-0.4, -0.2) is 29.1 Å². The molecule has 1 amide bonds. The molecule has 7 heteroatoms. The molecule has 0 unspecified atom stereocenters. The van der Waals surface area contributed by atoms with Crippen molar-refractivity contribution in [1.82, 2.24) is 5.32 Å². The molecule has 0 aliphatic heterocycles. The van der Waals surface area contributed by atoms with E-state index in [4.69, 9.17) is 0 Å². The quantitative estimate of drug-likeness (QED) is 0.353. The Bertz CT molecular complexity index is 154. The molecule has 0 heterocycles. The van der Waals surface area contributed by atoms with Crippen LogP contribution >= 0.6 is 12.6 Å². The minimum absolute atomic E-state index is 0. The standard InChI is InChI=1S/C5H9NO3S.Na.H2O/c1-3(7)6-4(2-10)5(8)9;;/h4,10H,2H2,1H3,(H,6,7)(H,8,9);;1H2/q;+1;/p-1/t4-;;/m0../s1. The first-order chi connectivity index (χ1) is 4.57. The van der Waals surface area contributed by atoms with E-state index in [0.717, 1.165) is 0 Å². The Morgan fingerprint density at radius 3 is 2.08 bits per heavy atom. The number of carboxylic acid groups (broad SMARTS) is 1. The van der Waals surface area contributed by atoms with E-state index in [1.54, 1.807) is 0 Å². The molecule has 5 nitrogen and oxygen atoms in total. The number of hydrogen-bond donors (Lipinski definition) is 2. The number of thiol groups is 1. The summed E-state index contributed by atoms with van der Waals surface area (Å²) >= 11 is 3.69. The molecule has 0 aliphatic carbocycles. The van der Waals surface area contributed by atoms with Crippen molar-refractivity contribution in [3.05, 3.63) is 0 Å². The number of nitrogens with one attached hydrogen (secondary N) is 1. The van der Waals surface area contributed by atoms with Gasteiger partial charge in [-0.05, 0) is 0 Å². The van der Waals surface area contributed by atoms with Crippen LogP contribution in [0.25, 0.3) is 0 Å². The van der Waals surface area contributed by atoms with Crippen molar-refractivity contribution in [1.29, 1.82) is 0 Å². The van der Waals surface area contributed by atoms with E-state index in [0.29, 0.717) is 0 Å². The Balaban J connectivity index is -0.000000405. The fourth-order valence-electron chi connectivity index (χ4n) is 0.424. The van der Waals surface area contributed by atoms with Crippen LogP contribution in [0.3, 0.4) is 0 Å². The van der Waals surface area contributed by atoms with Gasteiger partial charge in [-0.2, -0.15) is 12.6 Å². The van der Waals surface area contributed by atoms with E-state index < -0.39 is 17.9 Å². The molecule has 0 saturated heterocycles. The van der Waals surface area contributed by atoms with Gasteiger partial charge in [0.1, 0.15) is 0 Å². The predicted molar refractivity (Wildman–Crippen MR) is 40.1 cm³/mol. The number of carboxylic acids is 1. The zero-order valence-electron chi connectivity index (χ0n) is 6.96. The number of amides is 1. The summed E-state index contributed by atoms with van der Waals surface area (Å²) in [5.41, 5.74) is 0. The van der Waals surface area contributed by atoms with Crippen LogP contribution < -0.4 is 40.0 Å². The summed E-state index contributed by atoms with van der Waals surface area (Å²) in [5.74, 6) is -1.67. The maximum atomic E-state index is 10.3. The van der Waals surface area contributed by atoms with Gasteiger partial charge in [0.05, 0.1) is 12.0 Å². The molecule has 0 aromatic rings. The molecule has 0 bridgehead atoms. The van der Waals surface area contributed by atoms with Crippen molar-refractivity contribution in [2.24, 2.45) is 0 Å². The van der Waals surface area contributed by atoms with Gasteiger partial charge in [0, 0.05) is 12.7 Å². The van der Waals surface area contributed by atoms with Crippen LogP contribution in [0.4, 0.5) is 0 Å². The van der Waals surface area contributed by atoms with E-state index in [-0.39, 0.29) is 40.8 Å². The number of aliphatic carboxylic acids is 1. The van der Waals surface area contributed by atoms with Gasteiger partial charge in [-0.15, -0.1) is 0 Å². The minimum atomic E-state index is -1.31. The van der Waals surface area contributed by atoms with Crippen molar-refractivity contribution in [3.8, 4) is 0 Å². The van der Waals surface area contributed by atoms with Crippen LogP contribution in [0, 0.1) is 0 Å². The third kappa shape index (κ3) is 8.35. The summed E-state index contributed by atoms with van der Waals surface area (Å²) in [6, 6.07) is -0.985. The summed E-state index contributed by atoms with van der Waals surface area (Å²) in [7, 11) is 0. The zero-order valence-corrected chi connectivity index (χ0v) is 9.85. The van der Waals surface area contributed by atoms with E-state index in [1.165, 1.54) is 6.92 Å². The fraction of sp³-hybridized carbons (Fsp3) is 0.600. The summed E-state index contributed by atoms with van der Waals surface area (Å²) in [6.07, 6.45) is 0. The fourth-order valence-corrected chi connectivity index (χ4v) is 0.665. The van der Waals surface area contributed by atoms with Crippen molar-refractivity contribution in [2.45, 2.75) is 13.0 Å². The molecule has 3 N–H and O–H groups in total. The Morgan fingerprint density at radius 1 is 1.58 bits per heavy atom. The summed E-state index contributed by atoms with van der Waals surface area (Å²) in [6.45, 7) is 1.24. The largest absolute Gasteiger partial charge is 1.00 e. The van der Waals surface area contributed by atoms with Crippen molar-refractivity contribution in [3.63, 3.8) is 0 Å². The van der Waals surface area contributed by atoms with Gasteiger partial charge in [-0.1, -0.05) is 0 Å². The SMILES string of the molecule is CC(=O)N[C@@H](CS)C(=O)[O-].O.[Na+]. The van der Waals surface area contributed by atoms with Gasteiger partial charge >= 0.3 is 29.6 Å². The van der Waals surface area contributed by atoms with Crippen LogP contribution in [0.15, 0.2) is 0 Å². The Morgan fingerprint density at radius 2 is 2.00 bits per heavy atom. The van der Waals surface area contributed by atoms with E-state index >= 15 is 0 Å². The Hall–Kier alpha value is 0.250. The summed E-state index contributed by atoms with van der Waals surface area (Å²) in [5, 5.41) is 12.2.